The van der Waals surface area contributed by atoms with Gasteiger partial charge in [-0.15, -0.1) is 0 Å². The maximum atomic E-state index is 11.8. The smallest absolute Gasteiger partial charge is 0.326 e. The highest BCUT2D eigenvalue weighted by Crippen LogP contribution is 2.00. The Bertz CT molecular complexity index is 407. The minimum Gasteiger partial charge on any atom is -0.480 e. The van der Waals surface area contributed by atoms with Gasteiger partial charge in [-0.25, -0.2) is 14.6 Å². The summed E-state index contributed by atoms with van der Waals surface area (Å²) in [5, 5.41) is 11.5. The highest BCUT2D eigenvalue weighted by atomic mass is 16.5. The monoisotopic (exact) mass is 270 g/mol. The molecule has 1 aromatic heterocycles. The van der Waals surface area contributed by atoms with Crippen LogP contribution in [-0.4, -0.2) is 65.3 Å². The summed E-state index contributed by atoms with van der Waals surface area (Å²) < 4.78 is 4.85. The van der Waals surface area contributed by atoms with Gasteiger partial charge >= 0.3 is 12.0 Å². The number of carbonyl (C=O) groups excluding carboxylic acids is 1. The molecule has 3 N–H and O–H groups in total. The van der Waals surface area contributed by atoms with Crippen LogP contribution in [0.15, 0.2) is 12.5 Å². The molecule has 0 saturated carbocycles. The number of H-pyrrole nitrogens is 1. The fraction of sp³-hybridized carbons (Fsp3) is 0.545. The number of rotatable bonds is 7. The Morgan fingerprint density at radius 2 is 2.37 bits per heavy atom. The summed E-state index contributed by atoms with van der Waals surface area (Å²) >= 11 is 0. The van der Waals surface area contributed by atoms with Crippen molar-refractivity contribution < 1.29 is 19.4 Å². The molecule has 0 saturated heterocycles. The maximum absolute atomic E-state index is 11.8. The number of aromatic nitrogens is 2. The largest absolute Gasteiger partial charge is 0.480 e. The average molecular weight is 270 g/mol. The second-order valence-electron chi connectivity index (χ2n) is 4.04. The zero-order valence-electron chi connectivity index (χ0n) is 10.9. The third-order valence-electron chi connectivity index (χ3n) is 2.55. The molecule has 1 aromatic rings. The summed E-state index contributed by atoms with van der Waals surface area (Å²) in [6.07, 6.45) is 3.14. The maximum Gasteiger partial charge on any atom is 0.326 e. The van der Waals surface area contributed by atoms with Crippen LogP contribution in [-0.2, 0) is 16.0 Å². The van der Waals surface area contributed by atoms with Crippen LogP contribution in [0.2, 0.25) is 0 Å². The first kappa shape index (κ1) is 15.0. The van der Waals surface area contributed by atoms with E-state index in [0.29, 0.717) is 18.8 Å². The van der Waals surface area contributed by atoms with E-state index in [1.807, 2.05) is 0 Å². The molecule has 0 aliphatic rings. The van der Waals surface area contributed by atoms with E-state index < -0.39 is 18.0 Å². The fourth-order valence-electron chi connectivity index (χ4n) is 1.41. The molecule has 1 heterocycles. The Hall–Kier alpha value is -2.09. The van der Waals surface area contributed by atoms with Crippen molar-refractivity contribution in [1.29, 1.82) is 0 Å². The van der Waals surface area contributed by atoms with Gasteiger partial charge in [-0.05, 0) is 0 Å². The lowest BCUT2D eigenvalue weighted by Crippen LogP contribution is -2.48. The van der Waals surface area contributed by atoms with Crippen LogP contribution in [0, 0.1) is 0 Å². The molecule has 0 aromatic carbocycles. The summed E-state index contributed by atoms with van der Waals surface area (Å²) in [4.78, 5) is 30.8. The number of hydrogen-bond acceptors (Lipinski definition) is 4. The number of aliphatic carboxylic acids is 1. The lowest BCUT2D eigenvalue weighted by molar-refractivity contribution is -0.139. The number of carboxylic acids is 1. The van der Waals surface area contributed by atoms with E-state index in [1.54, 1.807) is 7.05 Å². The Labute approximate surface area is 110 Å². The normalized spacial score (nSPS) is 11.9. The number of nitrogens with zero attached hydrogens (tertiary/aromatic N) is 2. The summed E-state index contributed by atoms with van der Waals surface area (Å²) in [7, 11) is 3.10. The number of ether oxygens (including phenoxy) is 1. The van der Waals surface area contributed by atoms with Gasteiger partial charge in [-0.2, -0.15) is 0 Å². The Morgan fingerprint density at radius 3 is 2.89 bits per heavy atom. The summed E-state index contributed by atoms with van der Waals surface area (Å²) in [6.45, 7) is 0.779. The molecule has 0 bridgehead atoms. The molecule has 0 radical (unpaired) electrons. The van der Waals surface area contributed by atoms with E-state index in [-0.39, 0.29) is 6.42 Å². The minimum absolute atomic E-state index is 0.152. The topological polar surface area (TPSA) is 108 Å². The molecular formula is C11H18N4O4. The number of aromatic amines is 1. The first-order chi connectivity index (χ1) is 9.04. The van der Waals surface area contributed by atoms with Gasteiger partial charge in [0.05, 0.1) is 12.9 Å². The number of nitrogens with one attached hydrogen (secondary N) is 2. The van der Waals surface area contributed by atoms with Gasteiger partial charge in [-0.1, -0.05) is 0 Å². The second-order valence-corrected chi connectivity index (χ2v) is 4.04. The van der Waals surface area contributed by atoms with Crippen LogP contribution >= 0.6 is 0 Å². The van der Waals surface area contributed by atoms with Crippen molar-refractivity contribution >= 4 is 12.0 Å². The van der Waals surface area contributed by atoms with Gasteiger partial charge in [0.1, 0.15) is 6.04 Å². The predicted octanol–water partition coefficient (Wildman–Crippen LogP) is -0.307. The third-order valence-corrected chi connectivity index (χ3v) is 2.55. The number of urea groups is 1. The van der Waals surface area contributed by atoms with E-state index in [2.05, 4.69) is 15.3 Å². The van der Waals surface area contributed by atoms with E-state index >= 15 is 0 Å². The van der Waals surface area contributed by atoms with Crippen LogP contribution < -0.4 is 5.32 Å². The van der Waals surface area contributed by atoms with Gasteiger partial charge < -0.3 is 25.0 Å². The van der Waals surface area contributed by atoms with Crippen molar-refractivity contribution in [2.45, 2.75) is 12.5 Å². The Kier molecular flexibility index (Phi) is 5.80. The molecule has 0 unspecified atom stereocenters. The van der Waals surface area contributed by atoms with Gasteiger partial charge in [0, 0.05) is 39.0 Å². The van der Waals surface area contributed by atoms with Crippen LogP contribution in [0.5, 0.6) is 0 Å². The highest BCUT2D eigenvalue weighted by Gasteiger charge is 2.22. The molecule has 1 rings (SSSR count). The standard InChI is InChI=1S/C11H18N4O4/c1-15(3-4-19-2)11(18)14-9(10(16)17)5-8-6-12-7-13-8/h6-7,9H,3-5H2,1-2H3,(H,12,13)(H,14,18)(H,16,17)/t9-/m1/s1. The highest BCUT2D eigenvalue weighted by molar-refractivity contribution is 5.82. The van der Waals surface area contributed by atoms with Crippen molar-refractivity contribution in [3.8, 4) is 0 Å². The van der Waals surface area contributed by atoms with Crippen LogP contribution in [0.1, 0.15) is 5.69 Å². The zero-order chi connectivity index (χ0) is 14.3. The van der Waals surface area contributed by atoms with Gasteiger partial charge in [0.25, 0.3) is 0 Å². The van der Waals surface area contributed by atoms with Crippen molar-refractivity contribution in [3.63, 3.8) is 0 Å². The van der Waals surface area contributed by atoms with Crippen LogP contribution in [0.3, 0.4) is 0 Å². The number of likely N-dealkylation sites (N-methyl/N-ethyl adjacent to an activating group) is 1. The lowest BCUT2D eigenvalue weighted by Gasteiger charge is -2.20. The van der Waals surface area contributed by atoms with Gasteiger partial charge in [0.15, 0.2) is 0 Å². The molecule has 0 spiro atoms. The molecule has 0 aliphatic heterocycles. The van der Waals surface area contributed by atoms with Crippen molar-refractivity contribution in [1.82, 2.24) is 20.2 Å². The molecule has 106 valence electrons. The van der Waals surface area contributed by atoms with E-state index in [4.69, 9.17) is 9.84 Å². The summed E-state index contributed by atoms with van der Waals surface area (Å²) in [6, 6.07) is -1.46. The van der Waals surface area contributed by atoms with E-state index in [0.717, 1.165) is 0 Å². The first-order valence-corrected chi connectivity index (χ1v) is 5.75. The van der Waals surface area contributed by atoms with Crippen molar-refractivity contribution in [2.75, 3.05) is 27.3 Å². The quantitative estimate of drug-likeness (QED) is 0.630. The number of carbonyl (C=O) groups is 2. The number of imidazole rings is 1. The van der Waals surface area contributed by atoms with E-state index in [9.17, 15) is 9.59 Å². The fourth-order valence-corrected chi connectivity index (χ4v) is 1.41. The molecule has 1 atom stereocenters. The summed E-state index contributed by atoms with van der Waals surface area (Å²) in [5.74, 6) is -1.09. The Morgan fingerprint density at radius 1 is 1.63 bits per heavy atom. The average Bonchev–Trinajstić information content (AvgIpc) is 2.87. The number of hydrogen-bond donors (Lipinski definition) is 3. The molecule has 0 fully saturated rings. The van der Waals surface area contributed by atoms with E-state index in [1.165, 1.54) is 24.5 Å². The molecule has 19 heavy (non-hydrogen) atoms. The number of carboxylic acid groups (broad SMARTS) is 1. The first-order valence-electron chi connectivity index (χ1n) is 5.75. The third kappa shape index (κ3) is 4.96. The molecular weight excluding hydrogens is 252 g/mol. The molecule has 8 nitrogen and oxygen atoms in total. The molecule has 2 amide bonds. The lowest BCUT2D eigenvalue weighted by atomic mass is 10.1. The number of methoxy groups -OCH3 is 1. The van der Waals surface area contributed by atoms with Gasteiger partial charge in [-0.3, -0.25) is 0 Å². The summed E-state index contributed by atoms with van der Waals surface area (Å²) in [5.41, 5.74) is 0.646. The van der Waals surface area contributed by atoms with Crippen LogP contribution in [0.4, 0.5) is 4.79 Å². The minimum atomic E-state index is -1.09. The van der Waals surface area contributed by atoms with Crippen molar-refractivity contribution in [3.05, 3.63) is 18.2 Å². The van der Waals surface area contributed by atoms with Crippen LogP contribution in [0.25, 0.3) is 0 Å². The van der Waals surface area contributed by atoms with Gasteiger partial charge in [0.2, 0.25) is 0 Å². The molecule has 0 aliphatic carbocycles. The SMILES string of the molecule is COCCN(C)C(=O)N[C@H](Cc1cnc[nH]1)C(=O)O. The number of amides is 2. The molecule has 8 heteroatoms. The second kappa shape index (κ2) is 7.37. The van der Waals surface area contributed by atoms with Crippen molar-refractivity contribution in [2.24, 2.45) is 0 Å². The predicted molar refractivity (Wildman–Crippen MR) is 66.8 cm³/mol. The zero-order valence-corrected chi connectivity index (χ0v) is 10.9. The Balaban J connectivity index is 2.53.